The van der Waals surface area contributed by atoms with Gasteiger partial charge in [-0.2, -0.15) is 0 Å². The molecule has 0 radical (unpaired) electrons. The summed E-state index contributed by atoms with van der Waals surface area (Å²) in [6.45, 7) is 0. The maximum atomic E-state index is 11.3. The number of carboxylic acid groups (broad SMARTS) is 1. The van der Waals surface area contributed by atoms with Crippen molar-refractivity contribution in [3.63, 3.8) is 0 Å². The monoisotopic (exact) mass is 209 g/mol. The lowest BCUT2D eigenvalue weighted by Gasteiger charge is -1.95. The molecule has 0 saturated carbocycles. The van der Waals surface area contributed by atoms with Crippen LogP contribution in [0.2, 0.25) is 0 Å². The zero-order chi connectivity index (χ0) is 10.3. The largest absolute Gasteiger partial charge is 0.478 e. The van der Waals surface area contributed by atoms with Gasteiger partial charge in [-0.3, -0.25) is 4.79 Å². The summed E-state index contributed by atoms with van der Waals surface area (Å²) < 4.78 is 2.21. The van der Waals surface area contributed by atoms with Gasteiger partial charge in [0.1, 0.15) is 0 Å². The number of carboxylic acids is 1. The molecule has 0 unspecified atom stereocenters. The number of nitrogens with zero attached hydrogens (tertiary/aromatic N) is 1. The molecule has 2 aromatic rings. The number of rotatable bonds is 1. The van der Waals surface area contributed by atoms with Crippen LogP contribution in [0.25, 0.3) is 10.2 Å². The van der Waals surface area contributed by atoms with Crippen molar-refractivity contribution in [3.05, 3.63) is 33.4 Å². The van der Waals surface area contributed by atoms with Crippen molar-refractivity contribution in [2.75, 3.05) is 0 Å². The van der Waals surface area contributed by atoms with Crippen LogP contribution >= 0.6 is 11.3 Å². The summed E-state index contributed by atoms with van der Waals surface area (Å²) in [5.74, 6) is -0.976. The number of aryl methyl sites for hydroxylation is 1. The molecule has 1 N–H and O–H groups in total. The van der Waals surface area contributed by atoms with Gasteiger partial charge in [0.15, 0.2) is 0 Å². The van der Waals surface area contributed by atoms with E-state index in [2.05, 4.69) is 0 Å². The number of hydrogen-bond acceptors (Lipinski definition) is 3. The van der Waals surface area contributed by atoms with Gasteiger partial charge in [0.05, 0.1) is 15.8 Å². The fourth-order valence-electron chi connectivity index (χ4n) is 1.27. The average Bonchev–Trinajstić information content (AvgIpc) is 2.42. The van der Waals surface area contributed by atoms with E-state index in [-0.39, 0.29) is 10.4 Å². The van der Waals surface area contributed by atoms with Gasteiger partial charge in [0.2, 0.25) is 0 Å². The molecule has 0 spiro atoms. The van der Waals surface area contributed by atoms with Crippen LogP contribution in [0.1, 0.15) is 10.4 Å². The molecule has 14 heavy (non-hydrogen) atoms. The molecule has 72 valence electrons. The Bertz CT molecular complexity index is 567. The van der Waals surface area contributed by atoms with Gasteiger partial charge < -0.3 is 9.67 Å². The first-order valence-corrected chi connectivity index (χ1v) is 4.74. The Morgan fingerprint density at radius 2 is 2.21 bits per heavy atom. The first-order chi connectivity index (χ1) is 6.59. The van der Waals surface area contributed by atoms with Crippen LogP contribution in [0.15, 0.2) is 23.0 Å². The minimum atomic E-state index is -0.976. The normalized spacial score (nSPS) is 10.6. The lowest BCUT2D eigenvalue weighted by molar-refractivity contribution is 0.0697. The van der Waals surface area contributed by atoms with Crippen LogP contribution in [-0.2, 0) is 7.05 Å². The van der Waals surface area contributed by atoms with Crippen LogP contribution in [0.4, 0.5) is 0 Å². The van der Waals surface area contributed by atoms with E-state index >= 15 is 0 Å². The van der Waals surface area contributed by atoms with Crippen LogP contribution in [-0.4, -0.2) is 15.6 Å². The molecule has 4 nitrogen and oxygen atoms in total. The lowest BCUT2D eigenvalue weighted by atomic mass is 10.2. The van der Waals surface area contributed by atoms with Crippen LogP contribution < -0.4 is 4.87 Å². The van der Waals surface area contributed by atoms with Crippen LogP contribution in [0, 0.1) is 0 Å². The molecule has 0 fully saturated rings. The number of carbonyl (C=O) groups is 1. The molecule has 0 atom stereocenters. The first-order valence-electron chi connectivity index (χ1n) is 3.92. The summed E-state index contributed by atoms with van der Waals surface area (Å²) in [4.78, 5) is 21.8. The van der Waals surface area contributed by atoms with Crippen molar-refractivity contribution >= 4 is 27.5 Å². The molecule has 0 saturated heterocycles. The van der Waals surface area contributed by atoms with E-state index in [0.29, 0.717) is 4.70 Å². The summed E-state index contributed by atoms with van der Waals surface area (Å²) in [5, 5.41) is 8.74. The molecule has 5 heteroatoms. The maximum Gasteiger partial charge on any atom is 0.335 e. The Labute approximate surface area is 83.0 Å². The number of benzene rings is 1. The molecular formula is C9H7NO3S. The van der Waals surface area contributed by atoms with E-state index in [0.717, 1.165) is 16.9 Å². The van der Waals surface area contributed by atoms with Gasteiger partial charge in [-0.05, 0) is 18.2 Å². The van der Waals surface area contributed by atoms with Gasteiger partial charge in [-0.1, -0.05) is 11.3 Å². The van der Waals surface area contributed by atoms with Crippen molar-refractivity contribution in [3.8, 4) is 0 Å². The molecule has 0 aliphatic carbocycles. The number of aromatic carboxylic acids is 1. The molecule has 0 aliphatic heterocycles. The van der Waals surface area contributed by atoms with E-state index in [9.17, 15) is 9.59 Å². The first kappa shape index (κ1) is 8.96. The fourth-order valence-corrected chi connectivity index (χ4v) is 2.19. The van der Waals surface area contributed by atoms with E-state index in [1.165, 1.54) is 16.7 Å². The minimum absolute atomic E-state index is 0.0810. The third kappa shape index (κ3) is 1.22. The summed E-state index contributed by atoms with van der Waals surface area (Å²) in [6, 6.07) is 4.66. The zero-order valence-corrected chi connectivity index (χ0v) is 8.17. The maximum absolute atomic E-state index is 11.3. The Balaban J connectivity index is 2.80. The predicted molar refractivity (Wildman–Crippen MR) is 54.0 cm³/mol. The van der Waals surface area contributed by atoms with E-state index in [4.69, 9.17) is 5.11 Å². The second kappa shape index (κ2) is 2.95. The van der Waals surface area contributed by atoms with E-state index in [1.54, 1.807) is 13.1 Å². The lowest BCUT2D eigenvalue weighted by Crippen LogP contribution is -2.06. The van der Waals surface area contributed by atoms with Crippen molar-refractivity contribution in [2.24, 2.45) is 7.05 Å². The zero-order valence-electron chi connectivity index (χ0n) is 7.35. The van der Waals surface area contributed by atoms with Gasteiger partial charge in [-0.15, -0.1) is 0 Å². The second-order valence-electron chi connectivity index (χ2n) is 2.91. The quantitative estimate of drug-likeness (QED) is 0.770. The molecule has 1 heterocycles. The van der Waals surface area contributed by atoms with Gasteiger partial charge in [-0.25, -0.2) is 4.79 Å². The number of hydrogen-bond donors (Lipinski definition) is 1. The molecular weight excluding hydrogens is 202 g/mol. The Morgan fingerprint density at radius 3 is 2.86 bits per heavy atom. The highest BCUT2D eigenvalue weighted by molar-refractivity contribution is 7.16. The highest BCUT2D eigenvalue weighted by Gasteiger charge is 2.07. The summed E-state index contributed by atoms with van der Waals surface area (Å²) in [6.07, 6.45) is 0. The molecule has 0 amide bonds. The molecule has 1 aromatic carbocycles. The number of thiazole rings is 1. The standard InChI is InChI=1S/C9H7NO3S/c1-10-6-3-2-5(8(11)12)4-7(6)14-9(10)13/h2-4H,1H3,(H,11,12). The Kier molecular flexibility index (Phi) is 1.89. The van der Waals surface area contributed by atoms with Crippen molar-refractivity contribution in [1.29, 1.82) is 0 Å². The van der Waals surface area contributed by atoms with E-state index in [1.807, 2.05) is 0 Å². The second-order valence-corrected chi connectivity index (χ2v) is 3.91. The number of aromatic nitrogens is 1. The average molecular weight is 209 g/mol. The molecule has 0 bridgehead atoms. The third-order valence-corrected chi connectivity index (χ3v) is 3.03. The van der Waals surface area contributed by atoms with E-state index < -0.39 is 5.97 Å². The molecule has 1 aromatic heterocycles. The third-order valence-electron chi connectivity index (χ3n) is 2.04. The predicted octanol–water partition coefficient (Wildman–Crippen LogP) is 1.30. The smallest absolute Gasteiger partial charge is 0.335 e. The molecule has 0 aliphatic rings. The van der Waals surface area contributed by atoms with Gasteiger partial charge in [0.25, 0.3) is 0 Å². The SMILES string of the molecule is Cn1c(=O)sc2cc(C(=O)O)ccc21. The minimum Gasteiger partial charge on any atom is -0.478 e. The highest BCUT2D eigenvalue weighted by Crippen LogP contribution is 2.17. The molecule has 2 rings (SSSR count). The number of fused-ring (bicyclic) bond motifs is 1. The van der Waals surface area contributed by atoms with Crippen molar-refractivity contribution in [1.82, 2.24) is 4.57 Å². The topological polar surface area (TPSA) is 59.3 Å². The summed E-state index contributed by atoms with van der Waals surface area (Å²) in [7, 11) is 1.67. The van der Waals surface area contributed by atoms with Crippen LogP contribution in [0.5, 0.6) is 0 Å². The van der Waals surface area contributed by atoms with Gasteiger partial charge in [0, 0.05) is 7.05 Å². The summed E-state index contributed by atoms with van der Waals surface area (Å²) in [5.41, 5.74) is 0.976. The van der Waals surface area contributed by atoms with Crippen LogP contribution in [0.3, 0.4) is 0 Å². The fraction of sp³-hybridized carbons (Fsp3) is 0.111. The summed E-state index contributed by atoms with van der Waals surface area (Å²) >= 11 is 1.05. The Morgan fingerprint density at radius 1 is 1.50 bits per heavy atom. The van der Waals surface area contributed by atoms with Crippen molar-refractivity contribution < 1.29 is 9.90 Å². The Hall–Kier alpha value is -1.62. The van der Waals surface area contributed by atoms with Gasteiger partial charge >= 0.3 is 10.8 Å². The highest BCUT2D eigenvalue weighted by atomic mass is 32.1. The van der Waals surface area contributed by atoms with Crippen molar-refractivity contribution in [2.45, 2.75) is 0 Å².